The molecule has 1 aliphatic rings. The summed E-state index contributed by atoms with van der Waals surface area (Å²) in [5.41, 5.74) is 1.18. The molecule has 1 aromatic carbocycles. The molecule has 0 N–H and O–H groups in total. The van der Waals surface area contributed by atoms with Crippen LogP contribution in [0.2, 0.25) is 0 Å². The van der Waals surface area contributed by atoms with Crippen molar-refractivity contribution in [3.8, 4) is 5.75 Å². The van der Waals surface area contributed by atoms with Gasteiger partial charge in [-0.15, -0.1) is 5.10 Å². The molecule has 154 valence electrons. The van der Waals surface area contributed by atoms with Crippen LogP contribution in [-0.4, -0.2) is 58.4 Å². The van der Waals surface area contributed by atoms with E-state index >= 15 is 0 Å². The summed E-state index contributed by atoms with van der Waals surface area (Å²) in [5.74, 6) is 1.90. The first-order valence-corrected chi connectivity index (χ1v) is 10.4. The molecule has 28 heavy (non-hydrogen) atoms. The fourth-order valence-corrected chi connectivity index (χ4v) is 3.82. The number of ether oxygens (including phenoxy) is 1. The first-order chi connectivity index (χ1) is 13.5. The average molecular weight is 387 g/mol. The molecule has 0 saturated carbocycles. The fourth-order valence-electron chi connectivity index (χ4n) is 3.82. The minimum absolute atomic E-state index is 0.0737. The Labute approximate surface area is 168 Å². The van der Waals surface area contributed by atoms with Crippen molar-refractivity contribution in [1.82, 2.24) is 25.1 Å². The zero-order valence-corrected chi connectivity index (χ0v) is 17.9. The van der Waals surface area contributed by atoms with E-state index in [2.05, 4.69) is 65.2 Å². The summed E-state index contributed by atoms with van der Waals surface area (Å²) >= 11 is 0. The molecule has 0 spiro atoms. The second kappa shape index (κ2) is 8.90. The lowest BCUT2D eigenvalue weighted by Gasteiger charge is -2.40. The van der Waals surface area contributed by atoms with Gasteiger partial charge in [0.1, 0.15) is 5.75 Å². The van der Waals surface area contributed by atoms with Gasteiger partial charge in [0.25, 0.3) is 0 Å². The number of methoxy groups -OCH3 is 1. The molecule has 1 atom stereocenters. The van der Waals surface area contributed by atoms with Crippen LogP contribution < -0.4 is 9.64 Å². The summed E-state index contributed by atoms with van der Waals surface area (Å²) < 4.78 is 7.32. The minimum atomic E-state index is -0.0737. The maximum atomic E-state index is 5.27. The lowest BCUT2D eigenvalue weighted by molar-refractivity contribution is 0.154. The number of hydrogen-bond acceptors (Lipinski definition) is 6. The number of aromatic nitrogens is 4. The van der Waals surface area contributed by atoms with E-state index in [1.165, 1.54) is 5.69 Å². The molecule has 3 rings (SSSR count). The molecular formula is C21H34N6O. The summed E-state index contributed by atoms with van der Waals surface area (Å²) in [4.78, 5) is 5.00. The molecule has 0 aliphatic carbocycles. The van der Waals surface area contributed by atoms with Gasteiger partial charge in [0, 0.05) is 31.9 Å². The van der Waals surface area contributed by atoms with Crippen molar-refractivity contribution in [3.63, 3.8) is 0 Å². The Kier molecular flexibility index (Phi) is 6.54. The zero-order valence-electron chi connectivity index (χ0n) is 17.9. The van der Waals surface area contributed by atoms with Crippen LogP contribution in [0.5, 0.6) is 5.75 Å². The van der Waals surface area contributed by atoms with E-state index in [0.717, 1.165) is 57.0 Å². The van der Waals surface area contributed by atoms with Gasteiger partial charge in [-0.2, -0.15) is 0 Å². The van der Waals surface area contributed by atoms with Crippen LogP contribution in [0.4, 0.5) is 5.69 Å². The number of hydrogen-bond donors (Lipinski definition) is 0. The SMILES string of the molecule is CCC[C@@H](c1nnnn1C(C)(C)CC)N1CCN(c2ccc(OC)cc2)CC1. The third-order valence-corrected chi connectivity index (χ3v) is 5.98. The molecule has 7 nitrogen and oxygen atoms in total. The highest BCUT2D eigenvalue weighted by Crippen LogP contribution is 2.30. The molecular weight excluding hydrogens is 352 g/mol. The summed E-state index contributed by atoms with van der Waals surface area (Å²) in [6, 6.07) is 8.61. The molecule has 0 bridgehead atoms. The lowest BCUT2D eigenvalue weighted by atomic mass is 10.0. The Morgan fingerprint density at radius 2 is 1.75 bits per heavy atom. The lowest BCUT2D eigenvalue weighted by Crippen LogP contribution is -2.48. The number of anilines is 1. The molecule has 1 aromatic heterocycles. The van der Waals surface area contributed by atoms with Gasteiger partial charge in [0.15, 0.2) is 5.82 Å². The zero-order chi connectivity index (χ0) is 20.1. The monoisotopic (exact) mass is 386 g/mol. The third kappa shape index (κ3) is 4.29. The maximum Gasteiger partial charge on any atom is 0.168 e. The van der Waals surface area contributed by atoms with Crippen LogP contribution in [0.15, 0.2) is 24.3 Å². The van der Waals surface area contributed by atoms with Crippen LogP contribution in [0.1, 0.15) is 58.8 Å². The predicted octanol–water partition coefficient (Wildman–Crippen LogP) is 3.49. The average Bonchev–Trinajstić information content (AvgIpc) is 3.23. The van der Waals surface area contributed by atoms with Gasteiger partial charge in [0.2, 0.25) is 0 Å². The smallest absolute Gasteiger partial charge is 0.168 e. The predicted molar refractivity (Wildman–Crippen MR) is 112 cm³/mol. The van der Waals surface area contributed by atoms with E-state index in [1.807, 2.05) is 16.8 Å². The first-order valence-electron chi connectivity index (χ1n) is 10.4. The Morgan fingerprint density at radius 1 is 1.07 bits per heavy atom. The number of piperazine rings is 1. The number of nitrogens with zero attached hydrogens (tertiary/aromatic N) is 6. The molecule has 2 aromatic rings. The van der Waals surface area contributed by atoms with Gasteiger partial charge >= 0.3 is 0 Å². The molecule has 1 fully saturated rings. The van der Waals surface area contributed by atoms with Crippen molar-refractivity contribution in [3.05, 3.63) is 30.1 Å². The number of benzene rings is 1. The number of rotatable bonds is 8. The van der Waals surface area contributed by atoms with E-state index < -0.39 is 0 Å². The summed E-state index contributed by atoms with van der Waals surface area (Å²) in [6.45, 7) is 12.9. The quantitative estimate of drug-likeness (QED) is 0.692. The topological polar surface area (TPSA) is 59.3 Å². The van der Waals surface area contributed by atoms with Crippen LogP contribution in [0.25, 0.3) is 0 Å². The first kappa shape index (κ1) is 20.6. The Morgan fingerprint density at radius 3 is 2.32 bits per heavy atom. The Bertz CT molecular complexity index is 734. The highest BCUT2D eigenvalue weighted by Gasteiger charge is 2.32. The van der Waals surface area contributed by atoms with E-state index in [9.17, 15) is 0 Å². The minimum Gasteiger partial charge on any atom is -0.497 e. The largest absolute Gasteiger partial charge is 0.497 e. The van der Waals surface area contributed by atoms with Crippen LogP contribution >= 0.6 is 0 Å². The van der Waals surface area contributed by atoms with Crippen molar-refractivity contribution in [2.45, 2.75) is 58.5 Å². The normalized spacial score (nSPS) is 17.0. The van der Waals surface area contributed by atoms with Crippen LogP contribution in [0, 0.1) is 0 Å². The van der Waals surface area contributed by atoms with Crippen molar-refractivity contribution in [2.75, 3.05) is 38.2 Å². The maximum absolute atomic E-state index is 5.27. The molecule has 0 unspecified atom stereocenters. The summed E-state index contributed by atoms with van der Waals surface area (Å²) in [7, 11) is 1.70. The standard InChI is InChI=1S/C21H34N6O/c1-6-8-19(20-22-23-24-27(20)21(3,4)7-2)26-15-13-25(14-16-26)17-9-11-18(28-5)12-10-17/h9-12,19H,6-8,13-16H2,1-5H3/t19-/m0/s1. The molecule has 1 saturated heterocycles. The van der Waals surface area contributed by atoms with Crippen molar-refractivity contribution in [1.29, 1.82) is 0 Å². The summed E-state index contributed by atoms with van der Waals surface area (Å²) in [6.07, 6.45) is 3.18. The third-order valence-electron chi connectivity index (χ3n) is 5.98. The van der Waals surface area contributed by atoms with E-state index in [1.54, 1.807) is 7.11 Å². The number of tetrazole rings is 1. The van der Waals surface area contributed by atoms with Gasteiger partial charge in [-0.1, -0.05) is 20.3 Å². The summed E-state index contributed by atoms with van der Waals surface area (Å²) in [5, 5.41) is 12.8. The fraction of sp³-hybridized carbons (Fsp3) is 0.667. The highest BCUT2D eigenvalue weighted by atomic mass is 16.5. The van der Waals surface area contributed by atoms with Gasteiger partial charge in [-0.3, -0.25) is 4.90 Å². The van der Waals surface area contributed by atoms with Crippen molar-refractivity contribution in [2.24, 2.45) is 0 Å². The highest BCUT2D eigenvalue weighted by molar-refractivity contribution is 5.49. The van der Waals surface area contributed by atoms with E-state index in [-0.39, 0.29) is 11.6 Å². The Balaban J connectivity index is 1.72. The van der Waals surface area contributed by atoms with Gasteiger partial charge in [-0.25, -0.2) is 4.68 Å². The van der Waals surface area contributed by atoms with Gasteiger partial charge in [-0.05, 0) is 61.4 Å². The van der Waals surface area contributed by atoms with E-state index in [4.69, 9.17) is 4.74 Å². The van der Waals surface area contributed by atoms with E-state index in [0.29, 0.717) is 0 Å². The Hall–Kier alpha value is -2.15. The van der Waals surface area contributed by atoms with Crippen LogP contribution in [0.3, 0.4) is 0 Å². The van der Waals surface area contributed by atoms with Crippen molar-refractivity contribution < 1.29 is 4.74 Å². The van der Waals surface area contributed by atoms with Gasteiger partial charge in [0.05, 0.1) is 18.7 Å². The van der Waals surface area contributed by atoms with Gasteiger partial charge < -0.3 is 9.64 Å². The van der Waals surface area contributed by atoms with Crippen LogP contribution in [-0.2, 0) is 5.54 Å². The second-order valence-electron chi connectivity index (χ2n) is 8.14. The molecule has 2 heterocycles. The second-order valence-corrected chi connectivity index (χ2v) is 8.14. The molecule has 0 radical (unpaired) electrons. The molecule has 0 amide bonds. The molecule has 7 heteroatoms. The van der Waals surface area contributed by atoms with Crippen molar-refractivity contribution >= 4 is 5.69 Å². The molecule has 1 aliphatic heterocycles.